The minimum Gasteiger partial charge on any atom is -0.447 e. The number of rotatable bonds is 4. The summed E-state index contributed by atoms with van der Waals surface area (Å²) in [6, 6.07) is 7.17. The minimum atomic E-state index is -0.457. The molecule has 1 rings (SSSR count). The summed E-state index contributed by atoms with van der Waals surface area (Å²) in [4.78, 5) is 13.0. The first-order valence-electron chi connectivity index (χ1n) is 5.32. The Balaban J connectivity index is 2.65. The molecule has 1 amide bonds. The first-order chi connectivity index (χ1) is 8.06. The Hall–Kier alpha value is -1.26. The average molecular weight is 258 g/mol. The zero-order valence-corrected chi connectivity index (χ0v) is 10.6. The van der Waals surface area contributed by atoms with Gasteiger partial charge in [-0.2, -0.15) is 0 Å². The third-order valence-corrected chi connectivity index (χ3v) is 2.79. The van der Waals surface area contributed by atoms with E-state index in [2.05, 4.69) is 0 Å². The molecule has 0 radical (unpaired) electrons. The standard InChI is InChI=1S/C12H16ClNO3/c1-9(10-3-5-11(13)6-4-10)14(2)12(16)17-8-7-15/h3-6,9,15H,7-8H2,1-2H3. The molecule has 1 N–H and O–H groups in total. The lowest BCUT2D eigenvalue weighted by atomic mass is 10.1. The maximum atomic E-state index is 11.6. The number of nitrogens with zero attached hydrogens (tertiary/aromatic N) is 1. The van der Waals surface area contributed by atoms with E-state index in [1.807, 2.05) is 19.1 Å². The van der Waals surface area contributed by atoms with Gasteiger partial charge in [0, 0.05) is 12.1 Å². The summed E-state index contributed by atoms with van der Waals surface area (Å²) in [6.45, 7) is 1.73. The molecule has 5 heteroatoms. The highest BCUT2D eigenvalue weighted by Crippen LogP contribution is 2.21. The second-order valence-electron chi connectivity index (χ2n) is 3.68. The van der Waals surface area contributed by atoms with Crippen molar-refractivity contribution in [1.82, 2.24) is 4.90 Å². The molecule has 0 aromatic heterocycles. The van der Waals surface area contributed by atoms with Crippen molar-refractivity contribution in [3.63, 3.8) is 0 Å². The summed E-state index contributed by atoms with van der Waals surface area (Å²) in [5.74, 6) is 0. The van der Waals surface area contributed by atoms with Crippen LogP contribution in [0.4, 0.5) is 4.79 Å². The smallest absolute Gasteiger partial charge is 0.410 e. The maximum absolute atomic E-state index is 11.6. The van der Waals surface area contributed by atoms with Gasteiger partial charge in [-0.1, -0.05) is 23.7 Å². The van der Waals surface area contributed by atoms with Crippen molar-refractivity contribution in [2.75, 3.05) is 20.3 Å². The van der Waals surface area contributed by atoms with Crippen molar-refractivity contribution >= 4 is 17.7 Å². The second-order valence-corrected chi connectivity index (χ2v) is 4.11. The number of aliphatic hydroxyl groups excluding tert-OH is 1. The van der Waals surface area contributed by atoms with Crippen LogP contribution in [0.1, 0.15) is 18.5 Å². The summed E-state index contributed by atoms with van der Waals surface area (Å²) in [5, 5.41) is 9.23. The van der Waals surface area contributed by atoms with Gasteiger partial charge in [-0.3, -0.25) is 0 Å². The van der Waals surface area contributed by atoms with Gasteiger partial charge in [-0.25, -0.2) is 4.79 Å². The molecule has 1 aromatic rings. The van der Waals surface area contributed by atoms with Crippen LogP contribution < -0.4 is 0 Å². The third-order valence-electron chi connectivity index (χ3n) is 2.54. The summed E-state index contributed by atoms with van der Waals surface area (Å²) in [5.41, 5.74) is 0.970. The lowest BCUT2D eigenvalue weighted by Gasteiger charge is -2.24. The number of hydrogen-bond donors (Lipinski definition) is 1. The van der Waals surface area contributed by atoms with E-state index in [0.717, 1.165) is 5.56 Å². The van der Waals surface area contributed by atoms with E-state index in [9.17, 15) is 4.79 Å². The van der Waals surface area contributed by atoms with E-state index in [0.29, 0.717) is 5.02 Å². The number of amides is 1. The predicted molar refractivity (Wildman–Crippen MR) is 66.1 cm³/mol. The normalized spacial score (nSPS) is 12.0. The highest BCUT2D eigenvalue weighted by Gasteiger charge is 2.18. The van der Waals surface area contributed by atoms with Crippen molar-refractivity contribution in [2.45, 2.75) is 13.0 Å². The van der Waals surface area contributed by atoms with Crippen LogP contribution in [0.3, 0.4) is 0 Å². The van der Waals surface area contributed by atoms with Gasteiger partial charge in [0.2, 0.25) is 0 Å². The van der Waals surface area contributed by atoms with E-state index in [1.54, 1.807) is 19.2 Å². The summed E-state index contributed by atoms with van der Waals surface area (Å²) >= 11 is 5.79. The monoisotopic (exact) mass is 257 g/mol. The molecular weight excluding hydrogens is 242 g/mol. The van der Waals surface area contributed by atoms with Crippen molar-refractivity contribution in [2.24, 2.45) is 0 Å². The molecule has 0 saturated heterocycles. The fourth-order valence-corrected chi connectivity index (χ4v) is 1.48. The Morgan fingerprint density at radius 2 is 2.06 bits per heavy atom. The van der Waals surface area contributed by atoms with Gasteiger partial charge in [-0.05, 0) is 24.6 Å². The van der Waals surface area contributed by atoms with Crippen LogP contribution in [0.5, 0.6) is 0 Å². The number of carbonyl (C=O) groups excluding carboxylic acids is 1. The van der Waals surface area contributed by atoms with Crippen LogP contribution in [-0.2, 0) is 4.74 Å². The molecule has 0 spiro atoms. The topological polar surface area (TPSA) is 49.8 Å². The van der Waals surface area contributed by atoms with Gasteiger partial charge in [0.25, 0.3) is 0 Å². The van der Waals surface area contributed by atoms with Gasteiger partial charge in [-0.15, -0.1) is 0 Å². The van der Waals surface area contributed by atoms with E-state index in [1.165, 1.54) is 4.90 Å². The maximum Gasteiger partial charge on any atom is 0.410 e. The Morgan fingerprint density at radius 1 is 1.47 bits per heavy atom. The highest BCUT2D eigenvalue weighted by atomic mass is 35.5. The van der Waals surface area contributed by atoms with Crippen molar-refractivity contribution in [1.29, 1.82) is 0 Å². The van der Waals surface area contributed by atoms with Gasteiger partial charge in [0.15, 0.2) is 0 Å². The summed E-state index contributed by atoms with van der Waals surface area (Å²) in [7, 11) is 1.65. The van der Waals surface area contributed by atoms with Crippen LogP contribution in [0.15, 0.2) is 24.3 Å². The fraction of sp³-hybridized carbons (Fsp3) is 0.417. The first kappa shape index (κ1) is 13.8. The molecule has 0 aliphatic rings. The number of ether oxygens (including phenoxy) is 1. The molecule has 1 aromatic carbocycles. The molecule has 17 heavy (non-hydrogen) atoms. The summed E-state index contributed by atoms with van der Waals surface area (Å²) < 4.78 is 4.83. The zero-order chi connectivity index (χ0) is 12.8. The molecule has 1 unspecified atom stereocenters. The fourth-order valence-electron chi connectivity index (χ4n) is 1.36. The Morgan fingerprint density at radius 3 is 2.59 bits per heavy atom. The van der Waals surface area contributed by atoms with E-state index in [4.69, 9.17) is 21.4 Å². The van der Waals surface area contributed by atoms with Gasteiger partial charge < -0.3 is 14.7 Å². The van der Waals surface area contributed by atoms with Crippen LogP contribution >= 0.6 is 11.6 Å². The SMILES string of the molecule is CC(c1ccc(Cl)cc1)N(C)C(=O)OCCO. The molecule has 0 aliphatic heterocycles. The van der Waals surface area contributed by atoms with Gasteiger partial charge in [0.1, 0.15) is 6.61 Å². The molecular formula is C12H16ClNO3. The highest BCUT2D eigenvalue weighted by molar-refractivity contribution is 6.30. The minimum absolute atomic E-state index is 0.0104. The van der Waals surface area contributed by atoms with E-state index < -0.39 is 6.09 Å². The lowest BCUT2D eigenvalue weighted by molar-refractivity contribution is 0.0819. The van der Waals surface area contributed by atoms with Crippen LogP contribution in [0.25, 0.3) is 0 Å². The number of aliphatic hydroxyl groups is 1. The molecule has 0 bridgehead atoms. The number of benzene rings is 1. The Kier molecular flexibility index (Phi) is 5.25. The van der Waals surface area contributed by atoms with Gasteiger partial charge >= 0.3 is 6.09 Å². The molecule has 0 fully saturated rings. The Labute approximate surface area is 106 Å². The van der Waals surface area contributed by atoms with E-state index >= 15 is 0 Å². The van der Waals surface area contributed by atoms with Crippen molar-refractivity contribution in [3.05, 3.63) is 34.9 Å². The molecule has 94 valence electrons. The second kappa shape index (κ2) is 6.47. The van der Waals surface area contributed by atoms with Crippen LogP contribution in [-0.4, -0.2) is 36.4 Å². The predicted octanol–water partition coefficient (Wildman–Crippen LogP) is 2.46. The largest absolute Gasteiger partial charge is 0.447 e. The lowest BCUT2D eigenvalue weighted by Crippen LogP contribution is -2.30. The number of halogens is 1. The molecule has 0 aliphatic carbocycles. The van der Waals surface area contributed by atoms with Crippen molar-refractivity contribution < 1.29 is 14.6 Å². The summed E-state index contributed by atoms with van der Waals surface area (Å²) in [6.07, 6.45) is -0.457. The van der Waals surface area contributed by atoms with Crippen molar-refractivity contribution in [3.8, 4) is 0 Å². The van der Waals surface area contributed by atoms with E-state index in [-0.39, 0.29) is 19.3 Å². The molecule has 1 atom stereocenters. The van der Waals surface area contributed by atoms with Gasteiger partial charge in [0.05, 0.1) is 12.6 Å². The third kappa shape index (κ3) is 3.91. The molecule has 0 saturated carbocycles. The first-order valence-corrected chi connectivity index (χ1v) is 5.70. The number of carbonyl (C=O) groups is 1. The number of hydrogen-bond acceptors (Lipinski definition) is 3. The van der Waals surface area contributed by atoms with Crippen LogP contribution in [0, 0.1) is 0 Å². The zero-order valence-electron chi connectivity index (χ0n) is 9.89. The van der Waals surface area contributed by atoms with Crippen LogP contribution in [0.2, 0.25) is 5.02 Å². The molecule has 4 nitrogen and oxygen atoms in total. The molecule has 0 heterocycles. The average Bonchev–Trinajstić information content (AvgIpc) is 2.35. The quantitative estimate of drug-likeness (QED) is 0.901. The Bertz CT molecular complexity index is 367.